The molecule has 2 N–H and O–H groups in total. The number of carbonyl (C=O) groups is 1. The molecule has 140 valence electrons. The van der Waals surface area contributed by atoms with E-state index in [1.165, 1.54) is 0 Å². The highest BCUT2D eigenvalue weighted by molar-refractivity contribution is 5.77. The number of nitrogens with zero attached hydrogens (tertiary/aromatic N) is 1. The van der Waals surface area contributed by atoms with Crippen LogP contribution in [0.2, 0.25) is 0 Å². The van der Waals surface area contributed by atoms with E-state index in [1.54, 1.807) is 31.4 Å². The Kier molecular flexibility index (Phi) is 5.71. The summed E-state index contributed by atoms with van der Waals surface area (Å²) >= 11 is 0. The molecule has 2 aromatic carbocycles. The van der Waals surface area contributed by atoms with Gasteiger partial charge in [0, 0.05) is 25.1 Å². The van der Waals surface area contributed by atoms with Gasteiger partial charge in [0.05, 0.1) is 18.0 Å². The minimum absolute atomic E-state index is 0.147. The van der Waals surface area contributed by atoms with Crippen molar-refractivity contribution in [2.24, 2.45) is 0 Å². The molecule has 27 heavy (non-hydrogen) atoms. The summed E-state index contributed by atoms with van der Waals surface area (Å²) in [5.41, 5.74) is 0.589. The van der Waals surface area contributed by atoms with Crippen LogP contribution in [0.5, 0.6) is 5.75 Å². The number of methoxy groups -OCH3 is 1. The zero-order valence-corrected chi connectivity index (χ0v) is 15.0. The van der Waals surface area contributed by atoms with E-state index in [1.807, 2.05) is 24.3 Å². The van der Waals surface area contributed by atoms with E-state index in [0.717, 1.165) is 10.1 Å². The molecule has 3 aromatic rings. The lowest BCUT2D eigenvalue weighted by molar-refractivity contribution is -0.121. The highest BCUT2D eigenvalue weighted by Gasteiger charge is 2.09. The van der Waals surface area contributed by atoms with E-state index in [2.05, 4.69) is 10.3 Å². The Balaban J connectivity index is 1.58. The average Bonchev–Trinajstić information content (AvgIpc) is 2.69. The molecule has 0 aliphatic heterocycles. The number of H-pyrrole nitrogens is 1. The third-order valence-corrected chi connectivity index (χ3v) is 4.34. The lowest BCUT2D eigenvalue weighted by Crippen LogP contribution is -2.35. The third-order valence-electron chi connectivity index (χ3n) is 4.34. The molecule has 1 heterocycles. The maximum Gasteiger partial charge on any atom is 0.328 e. The molecule has 0 fully saturated rings. The SMILES string of the molecule is COc1ccccc1CNC(=O)CCCn1c(=O)[nH]c2ccccc2c1=O. The van der Waals surface area contributed by atoms with Crippen LogP contribution in [0.1, 0.15) is 18.4 Å². The molecule has 7 heteroatoms. The number of rotatable bonds is 7. The number of hydrogen-bond donors (Lipinski definition) is 2. The number of carbonyl (C=O) groups excluding carboxylic acids is 1. The lowest BCUT2D eigenvalue weighted by atomic mass is 10.2. The fraction of sp³-hybridized carbons (Fsp3) is 0.250. The summed E-state index contributed by atoms with van der Waals surface area (Å²) in [6, 6.07) is 14.3. The smallest absolute Gasteiger partial charge is 0.328 e. The van der Waals surface area contributed by atoms with Crippen LogP contribution in [-0.4, -0.2) is 22.6 Å². The first-order chi connectivity index (χ1) is 13.1. The standard InChI is InChI=1S/C20H21N3O4/c1-27-17-10-5-2-7-14(17)13-21-18(24)11-6-12-23-19(25)15-8-3-4-9-16(15)22-20(23)26/h2-5,7-10H,6,11-13H2,1H3,(H,21,24)(H,22,26). The second-order valence-electron chi connectivity index (χ2n) is 6.12. The fourth-order valence-corrected chi connectivity index (χ4v) is 2.93. The quantitative estimate of drug-likeness (QED) is 0.666. The molecule has 0 saturated heterocycles. The van der Waals surface area contributed by atoms with Crippen LogP contribution in [0.3, 0.4) is 0 Å². The Labute approximate surface area is 155 Å². The second kappa shape index (κ2) is 8.35. The van der Waals surface area contributed by atoms with Gasteiger partial charge in [-0.05, 0) is 24.6 Å². The number of para-hydroxylation sites is 2. The molecule has 1 amide bonds. The van der Waals surface area contributed by atoms with E-state index in [0.29, 0.717) is 29.6 Å². The van der Waals surface area contributed by atoms with Crippen molar-refractivity contribution < 1.29 is 9.53 Å². The number of benzene rings is 2. The number of aromatic amines is 1. The summed E-state index contributed by atoms with van der Waals surface area (Å²) in [6.07, 6.45) is 0.604. The van der Waals surface area contributed by atoms with Gasteiger partial charge in [0.1, 0.15) is 5.75 Å². The molecule has 0 aliphatic rings. The zero-order chi connectivity index (χ0) is 19.2. The van der Waals surface area contributed by atoms with Crippen molar-refractivity contribution in [1.29, 1.82) is 0 Å². The molecule has 0 bridgehead atoms. The maximum atomic E-state index is 12.4. The maximum absolute atomic E-state index is 12.4. The molecule has 0 aliphatic carbocycles. The first kappa shape index (κ1) is 18.4. The van der Waals surface area contributed by atoms with Gasteiger partial charge in [0.15, 0.2) is 0 Å². The van der Waals surface area contributed by atoms with Crippen LogP contribution in [0, 0.1) is 0 Å². The number of ether oxygens (including phenoxy) is 1. The first-order valence-electron chi connectivity index (χ1n) is 8.70. The van der Waals surface area contributed by atoms with Crippen molar-refractivity contribution >= 4 is 16.8 Å². The Morgan fingerprint density at radius 2 is 1.85 bits per heavy atom. The van der Waals surface area contributed by atoms with Crippen LogP contribution < -0.4 is 21.3 Å². The van der Waals surface area contributed by atoms with E-state index in [-0.39, 0.29) is 24.4 Å². The van der Waals surface area contributed by atoms with E-state index in [9.17, 15) is 14.4 Å². The van der Waals surface area contributed by atoms with Gasteiger partial charge in [-0.1, -0.05) is 30.3 Å². The minimum Gasteiger partial charge on any atom is -0.496 e. The van der Waals surface area contributed by atoms with Crippen LogP contribution in [-0.2, 0) is 17.9 Å². The Hall–Kier alpha value is -3.35. The van der Waals surface area contributed by atoms with Crippen molar-refractivity contribution in [3.63, 3.8) is 0 Å². The molecular formula is C20H21N3O4. The average molecular weight is 367 g/mol. The van der Waals surface area contributed by atoms with Gasteiger partial charge in [-0.2, -0.15) is 0 Å². The largest absolute Gasteiger partial charge is 0.496 e. The Morgan fingerprint density at radius 3 is 2.67 bits per heavy atom. The molecule has 1 aromatic heterocycles. The Morgan fingerprint density at radius 1 is 1.11 bits per heavy atom. The van der Waals surface area contributed by atoms with Crippen molar-refractivity contribution in [1.82, 2.24) is 14.9 Å². The molecule has 0 spiro atoms. The van der Waals surface area contributed by atoms with Crippen molar-refractivity contribution in [3.8, 4) is 5.75 Å². The van der Waals surface area contributed by atoms with Crippen molar-refractivity contribution in [3.05, 3.63) is 74.9 Å². The van der Waals surface area contributed by atoms with Gasteiger partial charge in [0.25, 0.3) is 5.56 Å². The normalized spacial score (nSPS) is 10.7. The molecule has 0 saturated carbocycles. The molecule has 0 atom stereocenters. The van der Waals surface area contributed by atoms with E-state index < -0.39 is 5.69 Å². The third kappa shape index (κ3) is 4.25. The number of hydrogen-bond acceptors (Lipinski definition) is 4. The van der Waals surface area contributed by atoms with E-state index >= 15 is 0 Å². The first-order valence-corrected chi connectivity index (χ1v) is 8.70. The summed E-state index contributed by atoms with van der Waals surface area (Å²) in [7, 11) is 1.58. The summed E-state index contributed by atoms with van der Waals surface area (Å²) in [5, 5.41) is 3.28. The van der Waals surface area contributed by atoms with Gasteiger partial charge < -0.3 is 15.0 Å². The summed E-state index contributed by atoms with van der Waals surface area (Å²) in [5.74, 6) is 0.568. The van der Waals surface area contributed by atoms with Crippen LogP contribution in [0.4, 0.5) is 0 Å². The molecule has 7 nitrogen and oxygen atoms in total. The van der Waals surface area contributed by atoms with Gasteiger partial charge in [-0.3, -0.25) is 14.2 Å². The number of amides is 1. The predicted octanol–water partition coefficient (Wildman–Crippen LogP) is 1.79. The number of fused-ring (bicyclic) bond motifs is 1. The lowest BCUT2D eigenvalue weighted by Gasteiger charge is -2.10. The minimum atomic E-state index is -0.465. The highest BCUT2D eigenvalue weighted by atomic mass is 16.5. The summed E-state index contributed by atoms with van der Waals surface area (Å²) < 4.78 is 6.39. The van der Waals surface area contributed by atoms with Crippen LogP contribution in [0.15, 0.2) is 58.1 Å². The number of aromatic nitrogens is 2. The van der Waals surface area contributed by atoms with Crippen LogP contribution in [0.25, 0.3) is 10.9 Å². The molecular weight excluding hydrogens is 346 g/mol. The van der Waals surface area contributed by atoms with E-state index in [4.69, 9.17) is 4.74 Å². The summed E-state index contributed by atoms with van der Waals surface area (Å²) in [6.45, 7) is 0.542. The van der Waals surface area contributed by atoms with Gasteiger partial charge in [0.2, 0.25) is 5.91 Å². The van der Waals surface area contributed by atoms with Crippen LogP contribution >= 0.6 is 0 Å². The Bertz CT molecular complexity index is 1070. The fourth-order valence-electron chi connectivity index (χ4n) is 2.93. The predicted molar refractivity (Wildman–Crippen MR) is 103 cm³/mol. The van der Waals surface area contributed by atoms with Crippen molar-refractivity contribution in [2.45, 2.75) is 25.9 Å². The van der Waals surface area contributed by atoms with Gasteiger partial charge in [-0.15, -0.1) is 0 Å². The van der Waals surface area contributed by atoms with Gasteiger partial charge in [-0.25, -0.2) is 4.79 Å². The molecule has 0 unspecified atom stereocenters. The monoisotopic (exact) mass is 367 g/mol. The topological polar surface area (TPSA) is 93.2 Å². The second-order valence-corrected chi connectivity index (χ2v) is 6.12. The zero-order valence-electron chi connectivity index (χ0n) is 15.0. The highest BCUT2D eigenvalue weighted by Crippen LogP contribution is 2.16. The molecule has 0 radical (unpaired) electrons. The van der Waals surface area contributed by atoms with Gasteiger partial charge >= 0.3 is 5.69 Å². The summed E-state index contributed by atoms with van der Waals surface area (Å²) in [4.78, 5) is 39.3. The number of nitrogens with one attached hydrogen (secondary N) is 2. The molecule has 3 rings (SSSR count). The van der Waals surface area contributed by atoms with Crippen molar-refractivity contribution in [2.75, 3.05) is 7.11 Å².